The van der Waals surface area contributed by atoms with Crippen LogP contribution in [0.15, 0.2) is 30.3 Å². The Morgan fingerprint density at radius 2 is 1.78 bits per heavy atom. The van der Waals surface area contributed by atoms with Gasteiger partial charge in [0.15, 0.2) is 6.10 Å². The van der Waals surface area contributed by atoms with Gasteiger partial charge in [0, 0.05) is 6.42 Å². The molecule has 2 fully saturated rings. The minimum Gasteiger partial charge on any atom is -1.00 e. The lowest BCUT2D eigenvalue weighted by Gasteiger charge is -2.25. The molecule has 0 aromatic heterocycles. The fraction of sp³-hybridized carbons (Fsp3) is 0.632. The zero-order valence-corrected chi connectivity index (χ0v) is 15.8. The van der Waals surface area contributed by atoms with E-state index in [1.165, 1.54) is 12.8 Å². The molecular weight excluding hydrogens is 354 g/mol. The van der Waals surface area contributed by atoms with E-state index in [9.17, 15) is 4.79 Å². The minimum atomic E-state index is -0.0695. The molecule has 1 aromatic rings. The third-order valence-corrected chi connectivity index (χ3v) is 5.32. The lowest BCUT2D eigenvalue weighted by Crippen LogP contribution is -3.00. The van der Waals surface area contributed by atoms with Crippen molar-refractivity contribution in [3.05, 3.63) is 35.9 Å². The van der Waals surface area contributed by atoms with Crippen LogP contribution >= 0.6 is 0 Å². The van der Waals surface area contributed by atoms with Gasteiger partial charge in [-0.1, -0.05) is 43.2 Å². The van der Waals surface area contributed by atoms with Gasteiger partial charge in [0.05, 0.1) is 26.6 Å². The number of esters is 1. The standard InChI is InChI=1S/C19H28NO2.BrH/c1-20(2)13-12-17(14-20)22-19(21)18(16-10-6-7-11-16)15-8-4-3-5-9-15;/h3-5,8-9,16-18H,6-7,10-14H2,1-2H3;1H/q+1;/p-1/t17-,18?;/m1./s1. The highest BCUT2D eigenvalue weighted by atomic mass is 79.9. The van der Waals surface area contributed by atoms with Gasteiger partial charge in [-0.05, 0) is 24.3 Å². The molecule has 1 heterocycles. The first kappa shape index (κ1) is 18.5. The van der Waals surface area contributed by atoms with Gasteiger partial charge in [0.1, 0.15) is 6.54 Å². The molecule has 128 valence electrons. The van der Waals surface area contributed by atoms with Crippen molar-refractivity contribution >= 4 is 5.97 Å². The van der Waals surface area contributed by atoms with E-state index in [1.54, 1.807) is 0 Å². The van der Waals surface area contributed by atoms with E-state index in [-0.39, 0.29) is 35.0 Å². The van der Waals surface area contributed by atoms with Gasteiger partial charge in [-0.3, -0.25) is 4.79 Å². The van der Waals surface area contributed by atoms with Gasteiger partial charge in [0.2, 0.25) is 0 Å². The van der Waals surface area contributed by atoms with Crippen LogP contribution in [0.3, 0.4) is 0 Å². The van der Waals surface area contributed by atoms with Crippen LogP contribution in [0.4, 0.5) is 0 Å². The van der Waals surface area contributed by atoms with Crippen LogP contribution in [0.25, 0.3) is 0 Å². The molecule has 2 aliphatic rings. The van der Waals surface area contributed by atoms with Crippen LogP contribution < -0.4 is 17.0 Å². The molecule has 0 bridgehead atoms. The molecule has 0 N–H and O–H groups in total. The van der Waals surface area contributed by atoms with Gasteiger partial charge in [0.25, 0.3) is 0 Å². The molecule has 1 aliphatic carbocycles. The maximum absolute atomic E-state index is 12.9. The zero-order valence-electron chi connectivity index (χ0n) is 14.2. The molecule has 0 spiro atoms. The number of carbonyl (C=O) groups is 1. The van der Waals surface area contributed by atoms with Gasteiger partial charge in [-0.15, -0.1) is 0 Å². The highest BCUT2D eigenvalue weighted by Crippen LogP contribution is 2.38. The number of hydrogen-bond acceptors (Lipinski definition) is 2. The van der Waals surface area contributed by atoms with E-state index < -0.39 is 0 Å². The van der Waals surface area contributed by atoms with Crippen molar-refractivity contribution in [3.8, 4) is 0 Å². The van der Waals surface area contributed by atoms with E-state index in [2.05, 4.69) is 26.2 Å². The Hall–Kier alpha value is -0.870. The van der Waals surface area contributed by atoms with Gasteiger partial charge >= 0.3 is 5.97 Å². The predicted molar refractivity (Wildman–Crippen MR) is 87.5 cm³/mol. The largest absolute Gasteiger partial charge is 1.00 e. The summed E-state index contributed by atoms with van der Waals surface area (Å²) in [5, 5.41) is 0. The fourth-order valence-electron chi connectivity index (χ4n) is 4.11. The van der Waals surface area contributed by atoms with E-state index >= 15 is 0 Å². The Bertz CT molecular complexity index is 511. The molecule has 1 saturated carbocycles. The molecule has 23 heavy (non-hydrogen) atoms. The van der Waals surface area contributed by atoms with E-state index in [0.717, 1.165) is 42.4 Å². The monoisotopic (exact) mass is 381 g/mol. The number of nitrogens with zero attached hydrogens (tertiary/aromatic N) is 1. The topological polar surface area (TPSA) is 26.3 Å². The third kappa shape index (κ3) is 4.57. The first-order valence-electron chi connectivity index (χ1n) is 8.63. The average Bonchev–Trinajstić information content (AvgIpc) is 3.10. The summed E-state index contributed by atoms with van der Waals surface area (Å²) in [4.78, 5) is 12.9. The van der Waals surface area contributed by atoms with Crippen LogP contribution in [-0.2, 0) is 9.53 Å². The summed E-state index contributed by atoms with van der Waals surface area (Å²) in [5.74, 6) is 0.392. The predicted octanol–water partition coefficient (Wildman–Crippen LogP) is 0.356. The Morgan fingerprint density at radius 3 is 2.35 bits per heavy atom. The van der Waals surface area contributed by atoms with Crippen molar-refractivity contribution in [1.82, 2.24) is 0 Å². The van der Waals surface area contributed by atoms with Crippen LogP contribution in [0.1, 0.15) is 43.6 Å². The maximum Gasteiger partial charge on any atom is 0.314 e. The number of ether oxygens (including phenoxy) is 1. The second kappa shape index (κ2) is 7.80. The Labute approximate surface area is 150 Å². The second-order valence-corrected chi connectivity index (χ2v) is 7.62. The Balaban J connectivity index is 0.00000192. The molecule has 1 aromatic carbocycles. The summed E-state index contributed by atoms with van der Waals surface area (Å²) in [7, 11) is 4.42. The van der Waals surface area contributed by atoms with E-state index in [4.69, 9.17) is 4.74 Å². The first-order chi connectivity index (χ1) is 10.6. The first-order valence-corrected chi connectivity index (χ1v) is 8.63. The number of likely N-dealkylation sites (N-methyl/N-ethyl adjacent to an activating group) is 1. The highest BCUT2D eigenvalue weighted by molar-refractivity contribution is 5.78. The zero-order chi connectivity index (χ0) is 15.6. The van der Waals surface area contributed by atoms with Crippen molar-refractivity contribution in [2.75, 3.05) is 27.2 Å². The number of rotatable bonds is 4. The maximum atomic E-state index is 12.9. The SMILES string of the molecule is C[N+]1(C)CC[C@@H](OC(=O)C(c2ccccc2)C2CCCC2)C1.[Br-]. The highest BCUT2D eigenvalue weighted by Gasteiger charge is 2.38. The summed E-state index contributed by atoms with van der Waals surface area (Å²) in [6.07, 6.45) is 5.88. The van der Waals surface area contributed by atoms with Crippen molar-refractivity contribution in [1.29, 1.82) is 0 Å². The quantitative estimate of drug-likeness (QED) is 0.555. The van der Waals surface area contributed by atoms with Crippen molar-refractivity contribution < 1.29 is 31.0 Å². The summed E-state index contributed by atoms with van der Waals surface area (Å²) in [6.45, 7) is 2.04. The van der Waals surface area contributed by atoms with Gasteiger partial charge in [-0.2, -0.15) is 0 Å². The number of likely N-dealkylation sites (tertiary alicyclic amines) is 1. The molecule has 0 amide bonds. The normalized spacial score (nSPS) is 24.9. The lowest BCUT2D eigenvalue weighted by atomic mass is 9.85. The molecule has 1 saturated heterocycles. The summed E-state index contributed by atoms with van der Waals surface area (Å²) < 4.78 is 6.88. The molecule has 4 heteroatoms. The van der Waals surface area contributed by atoms with E-state index in [1.807, 2.05) is 18.2 Å². The average molecular weight is 382 g/mol. The summed E-state index contributed by atoms with van der Waals surface area (Å²) in [5.41, 5.74) is 1.13. The van der Waals surface area contributed by atoms with Crippen LogP contribution in [0.2, 0.25) is 0 Å². The number of benzene rings is 1. The van der Waals surface area contributed by atoms with Gasteiger partial charge in [-0.25, -0.2) is 0 Å². The molecular formula is C19H28BrNO2. The minimum absolute atomic E-state index is 0. The molecule has 1 unspecified atom stereocenters. The smallest absolute Gasteiger partial charge is 0.314 e. The molecule has 0 radical (unpaired) electrons. The number of carbonyl (C=O) groups excluding carboxylic acids is 1. The summed E-state index contributed by atoms with van der Waals surface area (Å²) >= 11 is 0. The lowest BCUT2D eigenvalue weighted by molar-refractivity contribution is -0.879. The number of halogens is 1. The Morgan fingerprint density at radius 1 is 1.13 bits per heavy atom. The van der Waals surface area contributed by atoms with Crippen LogP contribution in [-0.4, -0.2) is 43.7 Å². The molecule has 3 rings (SSSR count). The third-order valence-electron chi connectivity index (χ3n) is 5.32. The van der Waals surface area contributed by atoms with E-state index in [0.29, 0.717) is 5.92 Å². The second-order valence-electron chi connectivity index (χ2n) is 7.62. The van der Waals surface area contributed by atoms with Crippen molar-refractivity contribution in [2.45, 2.75) is 44.1 Å². The summed E-state index contributed by atoms with van der Waals surface area (Å²) in [6, 6.07) is 10.2. The van der Waals surface area contributed by atoms with Crippen molar-refractivity contribution in [2.24, 2.45) is 5.92 Å². The van der Waals surface area contributed by atoms with Gasteiger partial charge < -0.3 is 26.2 Å². The van der Waals surface area contributed by atoms with Crippen LogP contribution in [0, 0.1) is 5.92 Å². The molecule has 3 nitrogen and oxygen atoms in total. The molecule has 2 atom stereocenters. The molecule has 1 aliphatic heterocycles. The van der Waals surface area contributed by atoms with Crippen LogP contribution in [0.5, 0.6) is 0 Å². The number of quaternary nitrogens is 1. The Kier molecular flexibility index (Phi) is 6.26. The van der Waals surface area contributed by atoms with Crippen molar-refractivity contribution in [3.63, 3.8) is 0 Å². The number of hydrogen-bond donors (Lipinski definition) is 0. The fourth-order valence-corrected chi connectivity index (χ4v) is 4.11.